The van der Waals surface area contributed by atoms with Gasteiger partial charge in [-0.15, -0.1) is 11.3 Å². The summed E-state index contributed by atoms with van der Waals surface area (Å²) in [5.41, 5.74) is 2.14. The number of carbonyl (C=O) groups is 2. The van der Waals surface area contributed by atoms with Gasteiger partial charge in [0.25, 0.3) is 0 Å². The van der Waals surface area contributed by atoms with Crippen LogP contribution in [0.4, 0.5) is 20.9 Å². The lowest BCUT2D eigenvalue weighted by atomic mass is 10.2. The van der Waals surface area contributed by atoms with Gasteiger partial charge in [-0.05, 0) is 36.8 Å². The summed E-state index contributed by atoms with van der Waals surface area (Å²) in [5.74, 6) is -1.21. The molecule has 28 heavy (non-hydrogen) atoms. The topological polar surface area (TPSA) is 75.2 Å². The summed E-state index contributed by atoms with van der Waals surface area (Å²) in [6.45, 7) is 3.21. The number of aromatic nitrogens is 2. The van der Waals surface area contributed by atoms with E-state index in [1.807, 2.05) is 6.92 Å². The van der Waals surface area contributed by atoms with Crippen LogP contribution < -0.4 is 10.2 Å². The molecule has 0 saturated heterocycles. The van der Waals surface area contributed by atoms with Crippen LogP contribution in [-0.2, 0) is 9.59 Å². The maximum Gasteiger partial charge on any atom is 0.248 e. The zero-order valence-corrected chi connectivity index (χ0v) is 16.0. The minimum absolute atomic E-state index is 0.129. The maximum atomic E-state index is 14.1. The van der Waals surface area contributed by atoms with Crippen LogP contribution in [0.5, 0.6) is 0 Å². The summed E-state index contributed by atoms with van der Waals surface area (Å²) in [4.78, 5) is 33.6. The van der Waals surface area contributed by atoms with Crippen molar-refractivity contribution < 1.29 is 14.0 Å². The van der Waals surface area contributed by atoms with Gasteiger partial charge in [-0.1, -0.05) is 12.1 Å². The summed E-state index contributed by atoms with van der Waals surface area (Å²) >= 11 is 1.18. The van der Waals surface area contributed by atoms with Crippen molar-refractivity contribution in [2.45, 2.75) is 13.8 Å². The van der Waals surface area contributed by atoms with Crippen LogP contribution in [0.2, 0.25) is 0 Å². The van der Waals surface area contributed by atoms with Gasteiger partial charge in [0, 0.05) is 24.6 Å². The Morgan fingerprint density at radius 2 is 2.04 bits per heavy atom. The van der Waals surface area contributed by atoms with E-state index in [2.05, 4.69) is 15.3 Å². The van der Waals surface area contributed by atoms with E-state index in [9.17, 15) is 14.0 Å². The number of pyridine rings is 1. The van der Waals surface area contributed by atoms with E-state index in [-0.39, 0.29) is 17.5 Å². The molecule has 3 aromatic rings. The van der Waals surface area contributed by atoms with Gasteiger partial charge in [-0.3, -0.25) is 19.5 Å². The normalized spacial score (nSPS) is 10.8. The SMILES string of the molecule is CC(=O)N(c1nc(C=CC(=O)Nc2cnccc2C)cs1)c1ccccc1F. The first-order valence-corrected chi connectivity index (χ1v) is 9.24. The van der Waals surface area contributed by atoms with Crippen molar-refractivity contribution in [3.05, 3.63) is 71.3 Å². The average Bonchev–Trinajstić information content (AvgIpc) is 3.12. The molecule has 2 aromatic heterocycles. The summed E-state index contributed by atoms with van der Waals surface area (Å²) in [7, 11) is 0. The molecule has 0 aliphatic heterocycles. The molecule has 0 atom stereocenters. The fraction of sp³-hybridized carbons (Fsp3) is 0.100. The van der Waals surface area contributed by atoms with Gasteiger partial charge < -0.3 is 5.32 Å². The molecule has 1 N–H and O–H groups in total. The number of nitrogens with one attached hydrogen (secondary N) is 1. The zero-order chi connectivity index (χ0) is 20.1. The van der Waals surface area contributed by atoms with Crippen LogP contribution in [0.1, 0.15) is 18.2 Å². The Balaban J connectivity index is 1.76. The monoisotopic (exact) mass is 396 g/mol. The summed E-state index contributed by atoms with van der Waals surface area (Å²) in [6, 6.07) is 7.79. The zero-order valence-electron chi connectivity index (χ0n) is 15.2. The molecule has 0 bridgehead atoms. The number of thiazole rings is 1. The Morgan fingerprint density at radius 1 is 1.25 bits per heavy atom. The lowest BCUT2D eigenvalue weighted by Crippen LogP contribution is -2.23. The molecule has 142 valence electrons. The standard InChI is InChI=1S/C20H17FN4O2S/c1-13-9-10-22-11-17(13)24-19(27)8-7-15-12-28-20(23-15)25(14(2)26)18-6-4-3-5-16(18)21/h3-12H,1-2H3,(H,24,27). The number of carbonyl (C=O) groups excluding carboxylic acids is 2. The van der Waals surface area contributed by atoms with E-state index in [1.165, 1.54) is 47.4 Å². The minimum Gasteiger partial charge on any atom is -0.321 e. The second-order valence-corrected chi connectivity index (χ2v) is 6.71. The number of hydrogen-bond donors (Lipinski definition) is 1. The molecule has 6 nitrogen and oxygen atoms in total. The average molecular weight is 396 g/mol. The first-order chi connectivity index (χ1) is 13.5. The van der Waals surface area contributed by atoms with Crippen molar-refractivity contribution in [2.24, 2.45) is 0 Å². The third-order valence-corrected chi connectivity index (χ3v) is 4.66. The number of amides is 2. The first kappa shape index (κ1) is 19.4. The lowest BCUT2D eigenvalue weighted by molar-refractivity contribution is -0.116. The Labute approximate surface area is 165 Å². The van der Waals surface area contributed by atoms with E-state index in [0.717, 1.165) is 5.56 Å². The molecule has 0 aliphatic carbocycles. The molecule has 1 aromatic carbocycles. The predicted octanol–water partition coefficient (Wildman–Crippen LogP) is 4.32. The highest BCUT2D eigenvalue weighted by Crippen LogP contribution is 2.30. The molecule has 0 saturated carbocycles. The molecule has 3 rings (SSSR count). The molecule has 0 radical (unpaired) electrons. The molecule has 2 amide bonds. The molecule has 0 fully saturated rings. The van der Waals surface area contributed by atoms with Crippen LogP contribution >= 0.6 is 11.3 Å². The van der Waals surface area contributed by atoms with Gasteiger partial charge in [0.1, 0.15) is 5.82 Å². The number of halogens is 1. The van der Waals surface area contributed by atoms with Crippen LogP contribution in [0.15, 0.2) is 54.2 Å². The fourth-order valence-electron chi connectivity index (χ4n) is 2.43. The summed E-state index contributed by atoms with van der Waals surface area (Å²) < 4.78 is 14.1. The largest absolute Gasteiger partial charge is 0.321 e. The molecule has 0 unspecified atom stereocenters. The molecule has 0 aliphatic rings. The highest BCUT2D eigenvalue weighted by molar-refractivity contribution is 7.14. The number of rotatable bonds is 5. The highest BCUT2D eigenvalue weighted by Gasteiger charge is 2.20. The van der Waals surface area contributed by atoms with Crippen molar-refractivity contribution in [3.63, 3.8) is 0 Å². The van der Waals surface area contributed by atoms with Gasteiger partial charge in [0.05, 0.1) is 23.3 Å². The van der Waals surface area contributed by atoms with E-state index < -0.39 is 5.82 Å². The summed E-state index contributed by atoms with van der Waals surface area (Å²) in [6.07, 6.45) is 6.09. The van der Waals surface area contributed by atoms with Crippen molar-refractivity contribution in [2.75, 3.05) is 10.2 Å². The van der Waals surface area contributed by atoms with Crippen LogP contribution in [0.3, 0.4) is 0 Å². The van der Waals surface area contributed by atoms with E-state index >= 15 is 0 Å². The van der Waals surface area contributed by atoms with Crippen LogP contribution in [0, 0.1) is 12.7 Å². The number of nitrogens with zero attached hydrogens (tertiary/aromatic N) is 3. The van der Waals surface area contributed by atoms with Crippen LogP contribution in [0.25, 0.3) is 6.08 Å². The first-order valence-electron chi connectivity index (χ1n) is 8.36. The van der Waals surface area contributed by atoms with E-state index in [1.54, 1.807) is 36.0 Å². The Morgan fingerprint density at radius 3 is 2.75 bits per heavy atom. The van der Waals surface area contributed by atoms with Gasteiger partial charge in [-0.2, -0.15) is 0 Å². The highest BCUT2D eigenvalue weighted by atomic mass is 32.1. The van der Waals surface area contributed by atoms with Gasteiger partial charge >= 0.3 is 0 Å². The number of benzene rings is 1. The predicted molar refractivity (Wildman–Crippen MR) is 108 cm³/mol. The lowest BCUT2D eigenvalue weighted by Gasteiger charge is -2.18. The fourth-order valence-corrected chi connectivity index (χ4v) is 3.27. The minimum atomic E-state index is -0.517. The summed E-state index contributed by atoms with van der Waals surface area (Å²) in [5, 5.41) is 4.74. The maximum absolute atomic E-state index is 14.1. The van der Waals surface area contributed by atoms with Gasteiger partial charge in [-0.25, -0.2) is 9.37 Å². The molecule has 2 heterocycles. The number of para-hydroxylation sites is 1. The third-order valence-electron chi connectivity index (χ3n) is 3.81. The third kappa shape index (κ3) is 4.47. The van der Waals surface area contributed by atoms with Crippen molar-refractivity contribution in [1.29, 1.82) is 0 Å². The van der Waals surface area contributed by atoms with E-state index in [4.69, 9.17) is 0 Å². The van der Waals surface area contributed by atoms with Crippen molar-refractivity contribution in [1.82, 2.24) is 9.97 Å². The molecule has 8 heteroatoms. The number of hydrogen-bond acceptors (Lipinski definition) is 5. The van der Waals surface area contributed by atoms with Gasteiger partial charge in [0.15, 0.2) is 5.13 Å². The Bertz CT molecular complexity index is 1050. The second-order valence-electron chi connectivity index (χ2n) is 5.87. The van der Waals surface area contributed by atoms with Crippen molar-refractivity contribution >= 4 is 45.7 Å². The quantitative estimate of drug-likeness (QED) is 0.652. The van der Waals surface area contributed by atoms with Crippen molar-refractivity contribution in [3.8, 4) is 0 Å². The second kappa shape index (κ2) is 8.53. The molecular weight excluding hydrogens is 379 g/mol. The smallest absolute Gasteiger partial charge is 0.248 e. The Hall–Kier alpha value is -3.39. The molecule has 0 spiro atoms. The van der Waals surface area contributed by atoms with E-state index in [0.29, 0.717) is 16.5 Å². The number of anilines is 3. The Kier molecular flexibility index (Phi) is 5.90. The number of aryl methyl sites for hydroxylation is 1. The van der Waals surface area contributed by atoms with Gasteiger partial charge in [0.2, 0.25) is 11.8 Å². The molecular formula is C20H17FN4O2S. The van der Waals surface area contributed by atoms with Crippen LogP contribution in [-0.4, -0.2) is 21.8 Å².